The van der Waals surface area contributed by atoms with Gasteiger partial charge in [-0.2, -0.15) is 0 Å². The summed E-state index contributed by atoms with van der Waals surface area (Å²) >= 11 is 1.82. The highest BCUT2D eigenvalue weighted by Crippen LogP contribution is 2.30. The van der Waals surface area contributed by atoms with Crippen LogP contribution in [-0.4, -0.2) is 30.7 Å². The molecule has 2 rings (SSSR count). The van der Waals surface area contributed by atoms with Crippen molar-refractivity contribution in [2.24, 2.45) is 0 Å². The van der Waals surface area contributed by atoms with E-state index >= 15 is 0 Å². The zero-order valence-corrected chi connectivity index (χ0v) is 11.4. The number of thiazole rings is 1. The predicted molar refractivity (Wildman–Crippen MR) is 70.5 cm³/mol. The fourth-order valence-electron chi connectivity index (χ4n) is 2.03. The molecule has 0 spiro atoms. The lowest BCUT2D eigenvalue weighted by atomic mass is 9.90. The summed E-state index contributed by atoms with van der Waals surface area (Å²) in [5, 5.41) is 4.63. The molecule has 1 aliphatic heterocycles. The summed E-state index contributed by atoms with van der Waals surface area (Å²) in [6, 6.07) is 0. The van der Waals surface area contributed by atoms with Crippen LogP contribution in [0.1, 0.15) is 30.3 Å². The third-order valence-corrected chi connectivity index (χ3v) is 4.89. The Morgan fingerprint density at radius 1 is 1.31 bits per heavy atom. The topological polar surface area (TPSA) is 28.2 Å². The highest BCUT2D eigenvalue weighted by molar-refractivity contribution is 7.15. The Labute approximate surface area is 102 Å². The molecule has 0 amide bonds. The summed E-state index contributed by atoms with van der Waals surface area (Å²) in [4.78, 5) is 8.40. The number of aryl methyl sites for hydroxylation is 2. The minimum absolute atomic E-state index is 0.317. The second-order valence-corrected chi connectivity index (χ2v) is 6.12. The number of nitrogens with one attached hydrogen (secondary N) is 1. The smallest absolute Gasteiger partial charge is 0.185 e. The predicted octanol–water partition coefficient (Wildman–Crippen LogP) is 2.34. The van der Waals surface area contributed by atoms with E-state index in [2.05, 4.69) is 43.0 Å². The molecule has 1 saturated heterocycles. The molecule has 0 aliphatic carbocycles. The lowest BCUT2D eigenvalue weighted by Crippen LogP contribution is -2.50. The summed E-state index contributed by atoms with van der Waals surface area (Å²) in [6.07, 6.45) is 2.39. The van der Waals surface area contributed by atoms with E-state index in [9.17, 15) is 0 Å². The van der Waals surface area contributed by atoms with Crippen molar-refractivity contribution < 1.29 is 0 Å². The number of anilines is 1. The zero-order valence-electron chi connectivity index (χ0n) is 10.6. The van der Waals surface area contributed by atoms with Crippen LogP contribution in [-0.2, 0) is 0 Å². The Balaban J connectivity index is 2.04. The summed E-state index contributed by atoms with van der Waals surface area (Å²) < 4.78 is 0. The summed E-state index contributed by atoms with van der Waals surface area (Å²) in [5.41, 5.74) is 1.50. The summed E-state index contributed by atoms with van der Waals surface area (Å²) in [7, 11) is 2.06. The van der Waals surface area contributed by atoms with E-state index in [4.69, 9.17) is 0 Å². The molecule has 0 radical (unpaired) electrons. The standard InChI is InChI=1S/C12H21N3S/c1-9-10(2)16-11(14-9)15-7-5-12(3,13-4)6-8-15/h13H,5-8H2,1-4H3. The average Bonchev–Trinajstić information content (AvgIpc) is 2.60. The van der Waals surface area contributed by atoms with Crippen molar-refractivity contribution in [2.45, 2.75) is 39.2 Å². The fraction of sp³-hybridized carbons (Fsp3) is 0.750. The SMILES string of the molecule is CNC1(C)CCN(c2nc(C)c(C)s2)CC1. The molecule has 1 aromatic rings. The van der Waals surface area contributed by atoms with Crippen molar-refractivity contribution in [2.75, 3.05) is 25.0 Å². The molecule has 4 heteroatoms. The van der Waals surface area contributed by atoms with Gasteiger partial charge in [-0.3, -0.25) is 0 Å². The Hall–Kier alpha value is -0.610. The molecule has 0 unspecified atom stereocenters. The van der Waals surface area contributed by atoms with Crippen LogP contribution in [0.25, 0.3) is 0 Å². The lowest BCUT2D eigenvalue weighted by molar-refractivity contribution is 0.305. The highest BCUT2D eigenvalue weighted by atomic mass is 32.1. The van der Waals surface area contributed by atoms with E-state index in [1.54, 1.807) is 0 Å². The normalized spacial score (nSPS) is 20.1. The van der Waals surface area contributed by atoms with E-state index in [0.717, 1.165) is 13.1 Å². The van der Waals surface area contributed by atoms with Gasteiger partial charge in [0.15, 0.2) is 5.13 Å². The molecule has 1 fully saturated rings. The molecule has 0 bridgehead atoms. The third-order valence-electron chi connectivity index (χ3n) is 3.76. The van der Waals surface area contributed by atoms with E-state index in [0.29, 0.717) is 5.54 Å². The van der Waals surface area contributed by atoms with Crippen LogP contribution >= 0.6 is 11.3 Å². The number of hydrogen-bond acceptors (Lipinski definition) is 4. The number of hydrogen-bond donors (Lipinski definition) is 1. The van der Waals surface area contributed by atoms with Gasteiger partial charge in [-0.05, 0) is 40.7 Å². The van der Waals surface area contributed by atoms with Crippen LogP contribution in [0.2, 0.25) is 0 Å². The zero-order chi connectivity index (χ0) is 11.8. The van der Waals surface area contributed by atoms with Crippen molar-refractivity contribution in [3.8, 4) is 0 Å². The van der Waals surface area contributed by atoms with Crippen molar-refractivity contribution >= 4 is 16.5 Å². The van der Waals surface area contributed by atoms with Gasteiger partial charge in [0.1, 0.15) is 0 Å². The summed E-state index contributed by atoms with van der Waals surface area (Å²) in [6.45, 7) is 8.78. The van der Waals surface area contributed by atoms with Crippen LogP contribution < -0.4 is 10.2 Å². The van der Waals surface area contributed by atoms with Gasteiger partial charge >= 0.3 is 0 Å². The Kier molecular flexibility index (Phi) is 3.22. The van der Waals surface area contributed by atoms with Gasteiger partial charge in [-0.1, -0.05) is 0 Å². The molecular formula is C12H21N3S. The molecule has 90 valence electrons. The third kappa shape index (κ3) is 2.23. The van der Waals surface area contributed by atoms with Crippen LogP contribution in [0.4, 0.5) is 5.13 Å². The first kappa shape index (κ1) is 11.9. The van der Waals surface area contributed by atoms with E-state index in [-0.39, 0.29) is 0 Å². The van der Waals surface area contributed by atoms with Crippen molar-refractivity contribution in [3.05, 3.63) is 10.6 Å². The molecule has 0 saturated carbocycles. The first-order valence-electron chi connectivity index (χ1n) is 5.92. The summed E-state index contributed by atoms with van der Waals surface area (Å²) in [5.74, 6) is 0. The van der Waals surface area contributed by atoms with E-state index < -0.39 is 0 Å². The van der Waals surface area contributed by atoms with Gasteiger partial charge in [-0.15, -0.1) is 11.3 Å². The molecule has 2 heterocycles. The van der Waals surface area contributed by atoms with Crippen molar-refractivity contribution in [3.63, 3.8) is 0 Å². The van der Waals surface area contributed by atoms with Gasteiger partial charge < -0.3 is 10.2 Å². The maximum Gasteiger partial charge on any atom is 0.185 e. The van der Waals surface area contributed by atoms with Crippen molar-refractivity contribution in [1.29, 1.82) is 0 Å². The van der Waals surface area contributed by atoms with Gasteiger partial charge in [0.2, 0.25) is 0 Å². The highest BCUT2D eigenvalue weighted by Gasteiger charge is 2.29. The second kappa shape index (κ2) is 4.34. The van der Waals surface area contributed by atoms with E-state index in [1.165, 1.54) is 28.5 Å². The molecule has 0 atom stereocenters. The Morgan fingerprint density at radius 3 is 2.38 bits per heavy atom. The monoisotopic (exact) mass is 239 g/mol. The second-order valence-electron chi connectivity index (χ2n) is 4.94. The molecule has 1 N–H and O–H groups in total. The fourth-order valence-corrected chi connectivity index (χ4v) is 2.99. The van der Waals surface area contributed by atoms with Gasteiger partial charge in [-0.25, -0.2) is 4.98 Å². The number of piperidine rings is 1. The van der Waals surface area contributed by atoms with Crippen LogP contribution in [0.3, 0.4) is 0 Å². The minimum Gasteiger partial charge on any atom is -0.348 e. The maximum atomic E-state index is 4.63. The van der Waals surface area contributed by atoms with Gasteiger partial charge in [0, 0.05) is 23.5 Å². The quantitative estimate of drug-likeness (QED) is 0.858. The van der Waals surface area contributed by atoms with Crippen LogP contribution in [0, 0.1) is 13.8 Å². The lowest BCUT2D eigenvalue weighted by Gasteiger charge is -2.39. The average molecular weight is 239 g/mol. The Bertz CT molecular complexity index is 345. The Morgan fingerprint density at radius 2 is 1.94 bits per heavy atom. The van der Waals surface area contributed by atoms with Crippen molar-refractivity contribution in [1.82, 2.24) is 10.3 Å². The number of nitrogens with zero attached hydrogens (tertiary/aromatic N) is 2. The number of rotatable bonds is 2. The number of aromatic nitrogens is 1. The maximum absolute atomic E-state index is 4.63. The molecule has 0 aromatic carbocycles. The largest absolute Gasteiger partial charge is 0.348 e. The van der Waals surface area contributed by atoms with Gasteiger partial charge in [0.05, 0.1) is 5.69 Å². The first-order chi connectivity index (χ1) is 7.54. The molecular weight excluding hydrogens is 218 g/mol. The van der Waals surface area contributed by atoms with Crippen LogP contribution in [0.15, 0.2) is 0 Å². The minimum atomic E-state index is 0.317. The van der Waals surface area contributed by atoms with E-state index in [1.807, 2.05) is 11.3 Å². The van der Waals surface area contributed by atoms with Crippen LogP contribution in [0.5, 0.6) is 0 Å². The molecule has 3 nitrogen and oxygen atoms in total. The van der Waals surface area contributed by atoms with Gasteiger partial charge in [0.25, 0.3) is 0 Å². The molecule has 1 aliphatic rings. The first-order valence-corrected chi connectivity index (χ1v) is 6.74. The molecule has 1 aromatic heterocycles. The molecule has 16 heavy (non-hydrogen) atoms.